The van der Waals surface area contributed by atoms with Crippen LogP contribution in [0.2, 0.25) is 0 Å². The zero-order chi connectivity index (χ0) is 7.98. The fourth-order valence-corrected chi connectivity index (χ4v) is 1.04. The van der Waals surface area contributed by atoms with Crippen LogP contribution in [-0.2, 0) is 11.1 Å². The van der Waals surface area contributed by atoms with Crippen molar-refractivity contribution in [1.82, 2.24) is 0 Å². The zero-order valence-corrected chi connectivity index (χ0v) is 6.93. The molecule has 4 heteroatoms. The van der Waals surface area contributed by atoms with Crippen LogP contribution < -0.4 is 0 Å². The van der Waals surface area contributed by atoms with Crippen molar-refractivity contribution in [1.29, 1.82) is 0 Å². The maximum Gasteiger partial charge on any atom is 0.182 e. The first-order valence-electron chi connectivity index (χ1n) is 3.46. The van der Waals surface area contributed by atoms with Crippen molar-refractivity contribution >= 4 is 11.1 Å². The highest BCUT2D eigenvalue weighted by Gasteiger charge is 2.08. The molecular weight excluding hydrogens is 152 g/mol. The monoisotopic (exact) mass is 166 g/mol. The Balaban J connectivity index is 3.21. The molecule has 0 aliphatic heterocycles. The Morgan fingerprint density at radius 1 is 1.50 bits per heavy atom. The van der Waals surface area contributed by atoms with Crippen molar-refractivity contribution in [2.75, 3.05) is 0 Å². The van der Waals surface area contributed by atoms with E-state index in [1.165, 1.54) is 0 Å². The lowest BCUT2D eigenvalue weighted by molar-refractivity contribution is 0.231. The molecule has 0 heterocycles. The summed E-state index contributed by atoms with van der Waals surface area (Å²) in [5, 5.41) is 8.80. The van der Waals surface area contributed by atoms with Crippen LogP contribution in [-0.4, -0.2) is 19.3 Å². The van der Waals surface area contributed by atoms with Crippen molar-refractivity contribution < 1.29 is 13.9 Å². The predicted molar refractivity (Wildman–Crippen MR) is 40.9 cm³/mol. The highest BCUT2D eigenvalue weighted by Crippen LogP contribution is 2.04. The van der Waals surface area contributed by atoms with Crippen LogP contribution in [0.1, 0.15) is 32.6 Å². The van der Waals surface area contributed by atoms with Gasteiger partial charge in [0.05, 0.1) is 0 Å². The Kier molecular flexibility index (Phi) is 5.87. The fourth-order valence-electron chi connectivity index (χ4n) is 0.670. The molecule has 0 bridgehead atoms. The molecule has 62 valence electrons. The highest BCUT2D eigenvalue weighted by atomic mass is 32.2. The second kappa shape index (κ2) is 5.82. The van der Waals surface area contributed by atoms with Gasteiger partial charge in [-0.3, -0.25) is 0 Å². The summed E-state index contributed by atoms with van der Waals surface area (Å²) in [6, 6.07) is 0. The Labute approximate surface area is 63.7 Å². The molecule has 2 atom stereocenters. The third-order valence-electron chi connectivity index (χ3n) is 1.29. The number of hydrogen-bond acceptors (Lipinski definition) is 2. The SMILES string of the molecule is CCCCCC(O)S(=O)O. The van der Waals surface area contributed by atoms with Gasteiger partial charge in [-0.25, -0.2) is 4.21 Å². The average molecular weight is 166 g/mol. The molecule has 2 N–H and O–H groups in total. The van der Waals surface area contributed by atoms with Gasteiger partial charge in [0.15, 0.2) is 16.5 Å². The van der Waals surface area contributed by atoms with Gasteiger partial charge in [0.1, 0.15) is 0 Å². The standard InChI is InChI=1S/C6H14O3S/c1-2-3-4-5-6(7)10(8)9/h6-7H,2-5H2,1H3,(H,8,9). The summed E-state index contributed by atoms with van der Waals surface area (Å²) >= 11 is -2.06. The molecule has 10 heavy (non-hydrogen) atoms. The summed E-state index contributed by atoms with van der Waals surface area (Å²) in [6.45, 7) is 2.04. The van der Waals surface area contributed by atoms with Gasteiger partial charge >= 0.3 is 0 Å². The molecule has 0 rings (SSSR count). The van der Waals surface area contributed by atoms with Gasteiger partial charge in [-0.15, -0.1) is 0 Å². The van der Waals surface area contributed by atoms with Crippen LogP contribution >= 0.6 is 0 Å². The molecule has 0 saturated carbocycles. The molecule has 0 spiro atoms. The van der Waals surface area contributed by atoms with Crippen molar-refractivity contribution in [2.45, 2.75) is 38.0 Å². The molecule has 0 aliphatic rings. The van der Waals surface area contributed by atoms with E-state index >= 15 is 0 Å². The van der Waals surface area contributed by atoms with E-state index < -0.39 is 16.5 Å². The van der Waals surface area contributed by atoms with E-state index in [1.54, 1.807) is 0 Å². The van der Waals surface area contributed by atoms with E-state index in [4.69, 9.17) is 9.66 Å². The largest absolute Gasteiger partial charge is 0.377 e. The molecule has 3 nitrogen and oxygen atoms in total. The first kappa shape index (κ1) is 10.1. The van der Waals surface area contributed by atoms with E-state index in [2.05, 4.69) is 0 Å². The lowest BCUT2D eigenvalue weighted by Gasteiger charge is -2.03. The normalized spacial score (nSPS) is 16.7. The molecule has 0 radical (unpaired) electrons. The lowest BCUT2D eigenvalue weighted by atomic mass is 10.2. The number of rotatable bonds is 5. The zero-order valence-electron chi connectivity index (χ0n) is 6.12. The van der Waals surface area contributed by atoms with Crippen LogP contribution in [0.5, 0.6) is 0 Å². The second-order valence-electron chi connectivity index (χ2n) is 2.23. The van der Waals surface area contributed by atoms with Crippen molar-refractivity contribution in [3.05, 3.63) is 0 Å². The van der Waals surface area contributed by atoms with Crippen LogP contribution in [0.4, 0.5) is 0 Å². The number of aliphatic hydroxyl groups excluding tert-OH is 1. The molecule has 0 fully saturated rings. The van der Waals surface area contributed by atoms with Crippen LogP contribution in [0.15, 0.2) is 0 Å². The summed E-state index contributed by atoms with van der Waals surface area (Å²) in [5.74, 6) is 0. The van der Waals surface area contributed by atoms with Gasteiger partial charge in [-0.2, -0.15) is 0 Å². The van der Waals surface area contributed by atoms with Crippen molar-refractivity contribution in [3.63, 3.8) is 0 Å². The molecule has 0 amide bonds. The first-order chi connectivity index (χ1) is 4.68. The summed E-state index contributed by atoms with van der Waals surface area (Å²) in [6.07, 6.45) is 3.32. The molecule has 0 aromatic rings. The number of aliphatic hydroxyl groups is 1. The summed E-state index contributed by atoms with van der Waals surface area (Å²) < 4.78 is 18.5. The third kappa shape index (κ3) is 4.90. The molecule has 0 aromatic heterocycles. The maximum absolute atomic E-state index is 10.2. The molecule has 0 aromatic carbocycles. The Bertz CT molecular complexity index is 105. The molecule has 2 unspecified atom stereocenters. The Hall–Kier alpha value is 0.0700. The number of hydrogen-bond donors (Lipinski definition) is 2. The van der Waals surface area contributed by atoms with Gasteiger partial charge in [0.25, 0.3) is 0 Å². The highest BCUT2D eigenvalue weighted by molar-refractivity contribution is 7.79. The van der Waals surface area contributed by atoms with Gasteiger partial charge in [-0.05, 0) is 12.8 Å². The Morgan fingerprint density at radius 3 is 2.50 bits per heavy atom. The van der Waals surface area contributed by atoms with Gasteiger partial charge in [0.2, 0.25) is 0 Å². The lowest BCUT2D eigenvalue weighted by Crippen LogP contribution is -2.12. The topological polar surface area (TPSA) is 57.5 Å². The summed E-state index contributed by atoms with van der Waals surface area (Å²) in [4.78, 5) is 0. The molecule has 0 aliphatic carbocycles. The summed E-state index contributed by atoms with van der Waals surface area (Å²) in [7, 11) is 0. The minimum atomic E-state index is -2.06. The third-order valence-corrected chi connectivity index (χ3v) is 1.99. The van der Waals surface area contributed by atoms with E-state index in [9.17, 15) is 4.21 Å². The van der Waals surface area contributed by atoms with Crippen molar-refractivity contribution in [2.24, 2.45) is 0 Å². The number of unbranched alkanes of at least 4 members (excludes halogenated alkanes) is 2. The molecule has 0 saturated heterocycles. The fraction of sp³-hybridized carbons (Fsp3) is 1.00. The average Bonchev–Trinajstić information content (AvgIpc) is 1.88. The van der Waals surface area contributed by atoms with Gasteiger partial charge in [-0.1, -0.05) is 19.8 Å². The molecular formula is C6H14O3S. The Morgan fingerprint density at radius 2 is 2.10 bits per heavy atom. The van der Waals surface area contributed by atoms with Crippen molar-refractivity contribution in [3.8, 4) is 0 Å². The van der Waals surface area contributed by atoms with Gasteiger partial charge < -0.3 is 9.66 Å². The second-order valence-corrected chi connectivity index (χ2v) is 3.32. The maximum atomic E-state index is 10.2. The minimum Gasteiger partial charge on any atom is -0.377 e. The van der Waals surface area contributed by atoms with Crippen LogP contribution in [0, 0.1) is 0 Å². The van der Waals surface area contributed by atoms with E-state index in [1.807, 2.05) is 6.92 Å². The van der Waals surface area contributed by atoms with Crippen LogP contribution in [0.25, 0.3) is 0 Å². The summed E-state index contributed by atoms with van der Waals surface area (Å²) in [5.41, 5.74) is -1.05. The van der Waals surface area contributed by atoms with E-state index in [0.29, 0.717) is 6.42 Å². The first-order valence-corrected chi connectivity index (χ1v) is 4.63. The minimum absolute atomic E-state index is 0.428. The smallest absolute Gasteiger partial charge is 0.182 e. The quantitative estimate of drug-likeness (QED) is 0.475. The predicted octanol–water partition coefficient (Wildman–Crippen LogP) is 1.11. The van der Waals surface area contributed by atoms with Gasteiger partial charge in [0, 0.05) is 0 Å². The van der Waals surface area contributed by atoms with E-state index in [0.717, 1.165) is 19.3 Å². The van der Waals surface area contributed by atoms with Crippen LogP contribution in [0.3, 0.4) is 0 Å². The van der Waals surface area contributed by atoms with E-state index in [-0.39, 0.29) is 0 Å².